The van der Waals surface area contributed by atoms with E-state index in [-0.39, 0.29) is 6.17 Å². The van der Waals surface area contributed by atoms with Gasteiger partial charge < -0.3 is 10.4 Å². The Morgan fingerprint density at radius 1 is 0.586 bits per heavy atom. The van der Waals surface area contributed by atoms with Crippen LogP contribution in [0.15, 0.2) is 204 Å². The molecule has 0 fully saturated rings. The molecule has 1 aliphatic rings. The van der Waals surface area contributed by atoms with Gasteiger partial charge in [-0.2, -0.15) is 0 Å². The quantitative estimate of drug-likeness (QED) is 0.108. The first-order valence-corrected chi connectivity index (χ1v) is 19.7. The minimum atomic E-state index is -0.438. The molecule has 1 unspecified atom stereocenters. The second-order valence-corrected chi connectivity index (χ2v) is 15.1. The van der Waals surface area contributed by atoms with E-state index >= 15 is 0 Å². The minimum Gasteiger partial charge on any atom is -0.512 e. The van der Waals surface area contributed by atoms with Crippen molar-refractivity contribution >= 4 is 11.4 Å². The Morgan fingerprint density at radius 2 is 1.12 bits per heavy atom. The summed E-state index contributed by atoms with van der Waals surface area (Å²) in [6.07, 6.45) is 5.85. The van der Waals surface area contributed by atoms with E-state index in [1.807, 2.05) is 61.5 Å². The summed E-state index contributed by atoms with van der Waals surface area (Å²) in [5.74, 6) is 0.963. The van der Waals surface area contributed by atoms with Crippen molar-refractivity contribution in [2.24, 2.45) is 4.99 Å². The van der Waals surface area contributed by atoms with Gasteiger partial charge >= 0.3 is 0 Å². The van der Waals surface area contributed by atoms with E-state index in [0.717, 1.165) is 67.3 Å². The fraction of sp³-hybridized carbons (Fsp3) is 0.113. The van der Waals surface area contributed by atoms with Gasteiger partial charge in [-0.1, -0.05) is 184 Å². The smallest absolute Gasteiger partial charge is 0.160 e. The van der Waals surface area contributed by atoms with Gasteiger partial charge in [0.2, 0.25) is 0 Å². The third kappa shape index (κ3) is 8.07. The number of nitrogens with zero attached hydrogens (tertiary/aromatic N) is 3. The molecule has 284 valence electrons. The summed E-state index contributed by atoms with van der Waals surface area (Å²) in [5, 5.41) is 14.3. The number of allylic oxidation sites excluding steroid dienone is 5. The van der Waals surface area contributed by atoms with Gasteiger partial charge in [0.1, 0.15) is 6.17 Å². The first-order valence-electron chi connectivity index (χ1n) is 19.7. The number of aliphatic hydroxyl groups is 1. The van der Waals surface area contributed by atoms with Gasteiger partial charge in [-0.05, 0) is 71.0 Å². The van der Waals surface area contributed by atoms with Gasteiger partial charge in [-0.3, -0.25) is 4.99 Å². The second-order valence-electron chi connectivity index (χ2n) is 15.1. The third-order valence-corrected chi connectivity index (χ3v) is 10.8. The average molecular weight is 755 g/mol. The molecule has 1 atom stereocenters. The van der Waals surface area contributed by atoms with Crippen LogP contribution in [-0.2, 0) is 5.41 Å². The molecule has 2 N–H and O–H groups in total. The maximum absolute atomic E-state index is 10.6. The van der Waals surface area contributed by atoms with E-state index < -0.39 is 5.41 Å². The summed E-state index contributed by atoms with van der Waals surface area (Å²) in [6.45, 7) is 7.99. The molecule has 5 nitrogen and oxygen atoms in total. The Bertz CT molecular complexity index is 2650. The van der Waals surface area contributed by atoms with Crippen molar-refractivity contribution in [3.8, 4) is 45.0 Å². The molecule has 0 saturated carbocycles. The Labute approximate surface area is 341 Å². The third-order valence-electron chi connectivity index (χ3n) is 10.8. The molecule has 0 aliphatic carbocycles. The highest BCUT2D eigenvalue weighted by Crippen LogP contribution is 2.37. The number of aromatic nitrogens is 2. The van der Waals surface area contributed by atoms with E-state index in [4.69, 9.17) is 15.0 Å². The Hall–Kier alpha value is -7.11. The molecule has 8 rings (SSSR count). The average Bonchev–Trinajstić information content (AvgIpc) is 3.28. The van der Waals surface area contributed by atoms with Crippen LogP contribution in [0.5, 0.6) is 0 Å². The molecule has 2 heterocycles. The predicted octanol–water partition coefficient (Wildman–Crippen LogP) is 13.0. The summed E-state index contributed by atoms with van der Waals surface area (Å²) in [5.41, 5.74) is 13.5. The molecule has 0 amide bonds. The number of benzene rings is 6. The van der Waals surface area contributed by atoms with Crippen LogP contribution in [0.3, 0.4) is 0 Å². The standard InChI is InChI=1S/C53H46N4O/c1-5-16-46(36(2)58)53(3,4)45-24-15-23-44(33-45)50-35-49(56-52(57-50)43-21-13-8-14-22-43)41-31-29-40(30-32-41)48-34-47(54-51(55-48)42-19-11-7-12-20-42)39-27-25-38(26-28-39)37-17-9-6-10-18-37/h5-35,51,54,58H,1-4H3/b16-5-,46-36-. The van der Waals surface area contributed by atoms with Crippen molar-refractivity contribution in [1.82, 2.24) is 15.3 Å². The molecule has 0 spiro atoms. The lowest BCUT2D eigenvalue weighted by atomic mass is 9.76. The summed E-state index contributed by atoms with van der Waals surface area (Å²) in [7, 11) is 0. The Kier molecular flexibility index (Phi) is 10.8. The van der Waals surface area contributed by atoms with Crippen LogP contribution >= 0.6 is 0 Å². The topological polar surface area (TPSA) is 70.4 Å². The maximum Gasteiger partial charge on any atom is 0.160 e. The van der Waals surface area contributed by atoms with Crippen LogP contribution in [0.2, 0.25) is 0 Å². The first kappa shape index (κ1) is 37.8. The highest BCUT2D eigenvalue weighted by molar-refractivity contribution is 6.13. The highest BCUT2D eigenvalue weighted by Gasteiger charge is 2.27. The Balaban J connectivity index is 1.16. The first-order chi connectivity index (χ1) is 28.3. The molecule has 5 heteroatoms. The van der Waals surface area contributed by atoms with Gasteiger partial charge in [0.05, 0.1) is 22.9 Å². The fourth-order valence-corrected chi connectivity index (χ4v) is 7.57. The van der Waals surface area contributed by atoms with Crippen molar-refractivity contribution in [2.75, 3.05) is 0 Å². The van der Waals surface area contributed by atoms with Gasteiger partial charge in [-0.15, -0.1) is 0 Å². The highest BCUT2D eigenvalue weighted by atomic mass is 16.3. The fourth-order valence-electron chi connectivity index (χ4n) is 7.57. The lowest BCUT2D eigenvalue weighted by Gasteiger charge is -2.28. The molecule has 1 aromatic heterocycles. The number of rotatable bonds is 10. The van der Waals surface area contributed by atoms with Crippen molar-refractivity contribution in [2.45, 2.75) is 39.3 Å². The zero-order valence-electron chi connectivity index (χ0n) is 33.3. The van der Waals surface area contributed by atoms with Crippen LogP contribution in [-0.4, -0.2) is 20.8 Å². The lowest BCUT2D eigenvalue weighted by Crippen LogP contribution is -2.24. The molecule has 58 heavy (non-hydrogen) atoms. The molecular weight excluding hydrogens is 709 g/mol. The zero-order valence-corrected chi connectivity index (χ0v) is 33.3. The SMILES string of the molecule is C/C=C\C(=C(/C)O)C(C)(C)c1cccc(-c2cc(-c3ccc(C4=NC(c5ccccc5)NC(c5ccc(-c6ccccc6)cc5)=C4)cc3)nc(-c3ccccc3)n2)c1. The van der Waals surface area contributed by atoms with Crippen molar-refractivity contribution < 1.29 is 5.11 Å². The van der Waals surface area contributed by atoms with Crippen molar-refractivity contribution in [3.05, 3.63) is 222 Å². The molecule has 0 saturated heterocycles. The van der Waals surface area contributed by atoms with Gasteiger partial charge in [0.15, 0.2) is 5.82 Å². The molecular formula is C53H46N4O. The number of aliphatic imine (C=N–C) groups is 1. The summed E-state index contributed by atoms with van der Waals surface area (Å²) < 4.78 is 0. The minimum absolute atomic E-state index is 0.242. The molecule has 1 aliphatic heterocycles. The van der Waals surface area contributed by atoms with E-state index in [9.17, 15) is 5.11 Å². The van der Waals surface area contributed by atoms with E-state index in [2.05, 4.69) is 153 Å². The number of nitrogens with one attached hydrogen (secondary N) is 1. The predicted molar refractivity (Wildman–Crippen MR) is 240 cm³/mol. The van der Waals surface area contributed by atoms with E-state index in [0.29, 0.717) is 11.6 Å². The second kappa shape index (κ2) is 16.5. The summed E-state index contributed by atoms with van der Waals surface area (Å²) in [4.78, 5) is 15.4. The molecule has 6 aromatic carbocycles. The molecule has 0 bridgehead atoms. The lowest BCUT2D eigenvalue weighted by molar-refractivity contribution is 0.396. The van der Waals surface area contributed by atoms with Crippen LogP contribution in [0, 0.1) is 0 Å². The molecule has 7 aromatic rings. The van der Waals surface area contributed by atoms with Crippen LogP contribution < -0.4 is 5.32 Å². The van der Waals surface area contributed by atoms with E-state index in [1.54, 1.807) is 6.92 Å². The zero-order chi connectivity index (χ0) is 40.1. The van der Waals surface area contributed by atoms with Gasteiger partial charge in [0, 0.05) is 27.8 Å². The van der Waals surface area contributed by atoms with Gasteiger partial charge in [-0.25, -0.2) is 9.97 Å². The van der Waals surface area contributed by atoms with Crippen LogP contribution in [0.25, 0.3) is 50.7 Å². The summed E-state index contributed by atoms with van der Waals surface area (Å²) >= 11 is 0. The number of hydrogen-bond donors (Lipinski definition) is 2. The van der Waals surface area contributed by atoms with Crippen molar-refractivity contribution in [3.63, 3.8) is 0 Å². The Morgan fingerprint density at radius 3 is 1.76 bits per heavy atom. The van der Waals surface area contributed by atoms with E-state index in [1.165, 1.54) is 11.1 Å². The monoisotopic (exact) mass is 754 g/mol. The normalized spacial score (nSPS) is 14.7. The molecule has 0 radical (unpaired) electrons. The maximum atomic E-state index is 10.6. The number of aliphatic hydroxyl groups excluding tert-OH is 1. The van der Waals surface area contributed by atoms with Gasteiger partial charge in [0.25, 0.3) is 0 Å². The van der Waals surface area contributed by atoms with Crippen LogP contribution in [0.4, 0.5) is 0 Å². The van der Waals surface area contributed by atoms with Crippen LogP contribution in [0.1, 0.15) is 56.1 Å². The largest absolute Gasteiger partial charge is 0.512 e. The number of hydrogen-bond acceptors (Lipinski definition) is 5. The summed E-state index contributed by atoms with van der Waals surface area (Å²) in [6, 6.07) is 58.6. The van der Waals surface area contributed by atoms with Crippen molar-refractivity contribution in [1.29, 1.82) is 0 Å².